The third-order valence-corrected chi connectivity index (χ3v) is 5.91. The van der Waals surface area contributed by atoms with E-state index >= 15 is 0 Å². The zero-order valence-corrected chi connectivity index (χ0v) is 11.7. The number of hydrogen-bond acceptors (Lipinski definition) is 3. The third kappa shape index (κ3) is 1.76. The molecular weight excluding hydrogens is 236 g/mol. The lowest BCUT2D eigenvalue weighted by Gasteiger charge is -2.58. The van der Waals surface area contributed by atoms with E-state index in [9.17, 15) is 0 Å². The molecule has 4 fully saturated rings. The average Bonchev–Trinajstić information content (AvgIpc) is 2.84. The van der Waals surface area contributed by atoms with Crippen molar-refractivity contribution in [1.82, 2.24) is 15.2 Å². The molecule has 4 heteroatoms. The first-order valence-corrected chi connectivity index (χ1v) is 7.85. The zero-order valence-electron chi connectivity index (χ0n) is 11.7. The van der Waals surface area contributed by atoms with Crippen LogP contribution in [0.1, 0.15) is 63.1 Å². The molecule has 4 saturated carbocycles. The second-order valence-electron chi connectivity index (χ2n) is 7.25. The van der Waals surface area contributed by atoms with Crippen molar-refractivity contribution in [2.75, 3.05) is 0 Å². The lowest BCUT2D eigenvalue weighted by molar-refractivity contribution is -0.0691. The quantitative estimate of drug-likeness (QED) is 0.877. The van der Waals surface area contributed by atoms with Gasteiger partial charge in [-0.15, -0.1) is 0 Å². The number of aromatic nitrogens is 3. The molecule has 4 nitrogen and oxygen atoms in total. The molecule has 0 spiro atoms. The Morgan fingerprint density at radius 1 is 1.21 bits per heavy atom. The Labute approximate surface area is 114 Å². The fourth-order valence-electron chi connectivity index (χ4n) is 5.44. The lowest BCUT2D eigenvalue weighted by Crippen LogP contribution is -2.51. The van der Waals surface area contributed by atoms with E-state index < -0.39 is 0 Å². The maximum atomic E-state index is 6.62. The highest BCUT2D eigenvalue weighted by atomic mass is 15.2. The molecule has 1 heterocycles. The predicted molar refractivity (Wildman–Crippen MR) is 73.3 cm³/mol. The number of aromatic amines is 1. The maximum Gasteiger partial charge on any atom is 0.167 e. The van der Waals surface area contributed by atoms with Crippen molar-refractivity contribution in [3.05, 3.63) is 11.6 Å². The van der Waals surface area contributed by atoms with Gasteiger partial charge in [-0.25, -0.2) is 4.98 Å². The van der Waals surface area contributed by atoms with Crippen LogP contribution >= 0.6 is 0 Å². The predicted octanol–water partition coefficient (Wildman–Crippen LogP) is 2.58. The fourth-order valence-corrected chi connectivity index (χ4v) is 5.44. The van der Waals surface area contributed by atoms with E-state index in [1.165, 1.54) is 38.5 Å². The zero-order chi connectivity index (χ0) is 13.0. The molecule has 5 rings (SSSR count). The summed E-state index contributed by atoms with van der Waals surface area (Å²) in [6.07, 6.45) is 9.23. The number of hydrogen-bond donors (Lipinski definition) is 2. The van der Waals surface area contributed by atoms with Gasteiger partial charge in [0.25, 0.3) is 0 Å². The Morgan fingerprint density at radius 3 is 2.26 bits per heavy atom. The Morgan fingerprint density at radius 2 is 1.79 bits per heavy atom. The normalized spacial score (nSPS) is 41.7. The van der Waals surface area contributed by atoms with Crippen molar-refractivity contribution in [1.29, 1.82) is 0 Å². The summed E-state index contributed by atoms with van der Waals surface area (Å²) in [5, 5.41) is 7.41. The van der Waals surface area contributed by atoms with Crippen molar-refractivity contribution in [3.8, 4) is 0 Å². The second-order valence-corrected chi connectivity index (χ2v) is 7.25. The van der Waals surface area contributed by atoms with Crippen LogP contribution in [-0.4, -0.2) is 15.2 Å². The molecule has 0 aliphatic heterocycles. The monoisotopic (exact) mass is 260 g/mol. The minimum atomic E-state index is 0.0393. The van der Waals surface area contributed by atoms with Crippen LogP contribution in [0, 0.1) is 23.2 Å². The van der Waals surface area contributed by atoms with Crippen LogP contribution in [0.5, 0.6) is 0 Å². The van der Waals surface area contributed by atoms with Crippen molar-refractivity contribution >= 4 is 0 Å². The maximum absolute atomic E-state index is 6.62. The molecule has 104 valence electrons. The van der Waals surface area contributed by atoms with Gasteiger partial charge in [-0.3, -0.25) is 5.10 Å². The van der Waals surface area contributed by atoms with Gasteiger partial charge in [0.2, 0.25) is 0 Å². The molecule has 1 aromatic rings. The topological polar surface area (TPSA) is 67.6 Å². The molecule has 0 radical (unpaired) electrons. The largest absolute Gasteiger partial charge is 0.321 e. The summed E-state index contributed by atoms with van der Waals surface area (Å²) in [6, 6.07) is 0.0393. The third-order valence-electron chi connectivity index (χ3n) is 5.91. The lowest BCUT2D eigenvalue weighted by atomic mass is 9.47. The van der Waals surface area contributed by atoms with Crippen molar-refractivity contribution in [2.24, 2.45) is 28.9 Å². The van der Waals surface area contributed by atoms with Gasteiger partial charge in [0, 0.05) is 6.42 Å². The SMILES string of the molecule is CCc1nc(C(N)C23CC4CC(CC(C4)C2)C3)n[nH]1. The molecule has 1 atom stereocenters. The molecular formula is C15H24N4. The molecule has 1 aromatic heterocycles. The molecule has 3 N–H and O–H groups in total. The van der Waals surface area contributed by atoms with Gasteiger partial charge >= 0.3 is 0 Å². The number of rotatable bonds is 3. The highest BCUT2D eigenvalue weighted by Gasteiger charge is 2.54. The Kier molecular flexibility index (Phi) is 2.53. The number of nitrogens with two attached hydrogens (primary N) is 1. The minimum absolute atomic E-state index is 0.0393. The number of aryl methyl sites for hydroxylation is 1. The number of nitrogens with one attached hydrogen (secondary N) is 1. The van der Waals surface area contributed by atoms with Gasteiger partial charge in [-0.2, -0.15) is 5.10 Å². The number of nitrogens with zero attached hydrogens (tertiary/aromatic N) is 2. The van der Waals surface area contributed by atoms with Crippen molar-refractivity contribution in [3.63, 3.8) is 0 Å². The Bertz CT molecular complexity index is 443. The first-order chi connectivity index (χ1) is 9.18. The van der Waals surface area contributed by atoms with Crippen LogP contribution in [0.25, 0.3) is 0 Å². The van der Waals surface area contributed by atoms with Gasteiger partial charge in [0.05, 0.1) is 6.04 Å². The highest BCUT2D eigenvalue weighted by Crippen LogP contribution is 2.63. The number of H-pyrrole nitrogens is 1. The minimum Gasteiger partial charge on any atom is -0.321 e. The van der Waals surface area contributed by atoms with Crippen LogP contribution in [0.15, 0.2) is 0 Å². The van der Waals surface area contributed by atoms with Crippen LogP contribution in [0.3, 0.4) is 0 Å². The molecule has 4 aliphatic rings. The summed E-state index contributed by atoms with van der Waals surface area (Å²) in [5.41, 5.74) is 6.92. The molecule has 4 aliphatic carbocycles. The van der Waals surface area contributed by atoms with E-state index in [0.29, 0.717) is 5.41 Å². The van der Waals surface area contributed by atoms with Gasteiger partial charge < -0.3 is 5.73 Å². The van der Waals surface area contributed by atoms with E-state index in [0.717, 1.165) is 35.8 Å². The van der Waals surface area contributed by atoms with Gasteiger partial charge in [0.1, 0.15) is 5.82 Å². The van der Waals surface area contributed by atoms with Crippen molar-refractivity contribution in [2.45, 2.75) is 57.9 Å². The van der Waals surface area contributed by atoms with Crippen LogP contribution < -0.4 is 5.73 Å². The summed E-state index contributed by atoms with van der Waals surface area (Å²) in [5.74, 6) is 4.62. The Hall–Kier alpha value is -0.900. The molecule has 4 bridgehead atoms. The standard InChI is InChI=1S/C15H24N4/c1-2-12-17-14(19-18-12)13(16)15-6-9-3-10(7-15)5-11(4-9)8-15/h9-11,13H,2-8,16H2,1H3,(H,17,18,19). The summed E-state index contributed by atoms with van der Waals surface area (Å²) in [4.78, 5) is 4.59. The van der Waals surface area contributed by atoms with E-state index in [4.69, 9.17) is 5.73 Å². The second kappa shape index (κ2) is 4.05. The smallest absolute Gasteiger partial charge is 0.167 e. The van der Waals surface area contributed by atoms with Gasteiger partial charge in [-0.05, 0) is 61.7 Å². The molecule has 0 aromatic carbocycles. The fraction of sp³-hybridized carbons (Fsp3) is 0.867. The Balaban J connectivity index is 1.63. The molecule has 19 heavy (non-hydrogen) atoms. The van der Waals surface area contributed by atoms with Crippen LogP contribution in [-0.2, 0) is 6.42 Å². The van der Waals surface area contributed by atoms with E-state index in [2.05, 4.69) is 22.1 Å². The van der Waals surface area contributed by atoms with Crippen LogP contribution in [0.4, 0.5) is 0 Å². The van der Waals surface area contributed by atoms with Gasteiger partial charge in [0.15, 0.2) is 5.82 Å². The van der Waals surface area contributed by atoms with E-state index in [1.807, 2.05) is 0 Å². The van der Waals surface area contributed by atoms with E-state index in [-0.39, 0.29) is 6.04 Å². The van der Waals surface area contributed by atoms with E-state index in [1.54, 1.807) is 0 Å². The average molecular weight is 260 g/mol. The molecule has 0 saturated heterocycles. The summed E-state index contributed by atoms with van der Waals surface area (Å²) < 4.78 is 0. The summed E-state index contributed by atoms with van der Waals surface area (Å²) in [6.45, 7) is 2.10. The summed E-state index contributed by atoms with van der Waals surface area (Å²) >= 11 is 0. The molecule has 0 amide bonds. The first kappa shape index (κ1) is 11.9. The highest BCUT2D eigenvalue weighted by molar-refractivity contribution is 5.11. The van der Waals surface area contributed by atoms with Gasteiger partial charge in [-0.1, -0.05) is 6.92 Å². The van der Waals surface area contributed by atoms with Crippen molar-refractivity contribution < 1.29 is 0 Å². The molecule has 1 unspecified atom stereocenters. The summed E-state index contributed by atoms with van der Waals surface area (Å²) in [7, 11) is 0. The van der Waals surface area contributed by atoms with Crippen LogP contribution in [0.2, 0.25) is 0 Å². The first-order valence-electron chi connectivity index (χ1n) is 7.85.